The quantitative estimate of drug-likeness (QED) is 0.751. The van der Waals surface area contributed by atoms with E-state index in [-0.39, 0.29) is 6.42 Å². The van der Waals surface area contributed by atoms with Gasteiger partial charge < -0.3 is 19.4 Å². The zero-order chi connectivity index (χ0) is 12.6. The van der Waals surface area contributed by atoms with Gasteiger partial charge in [-0.1, -0.05) is 0 Å². The van der Waals surface area contributed by atoms with Gasteiger partial charge in [0.05, 0.1) is 6.10 Å². The topological polar surface area (TPSA) is 55.8 Å². The number of aldehydes is 1. The number of aliphatic hydroxyl groups is 1. The Hall–Kier alpha value is -0.660. The van der Waals surface area contributed by atoms with Crippen LogP contribution in [0, 0.1) is 0 Å². The van der Waals surface area contributed by atoms with Gasteiger partial charge in [0, 0.05) is 6.42 Å². The minimum atomic E-state index is -4.80. The van der Waals surface area contributed by atoms with Crippen LogP contribution in [0.25, 0.3) is 0 Å². The van der Waals surface area contributed by atoms with Crippen molar-refractivity contribution < 1.29 is 32.5 Å². The van der Waals surface area contributed by atoms with Crippen LogP contribution in [0.15, 0.2) is 0 Å². The third-order valence-electron chi connectivity index (χ3n) is 2.20. The van der Waals surface area contributed by atoms with Gasteiger partial charge in [-0.3, -0.25) is 0 Å². The lowest BCUT2D eigenvalue weighted by atomic mass is 10.1. The van der Waals surface area contributed by atoms with E-state index >= 15 is 0 Å². The van der Waals surface area contributed by atoms with Gasteiger partial charge in [-0.05, 0) is 13.8 Å². The molecule has 1 fully saturated rings. The van der Waals surface area contributed by atoms with Crippen molar-refractivity contribution >= 4 is 6.29 Å². The number of ether oxygens (including phenoxy) is 2. The van der Waals surface area contributed by atoms with Crippen molar-refractivity contribution in [3.05, 3.63) is 0 Å². The molecule has 0 aromatic heterocycles. The number of halogens is 3. The van der Waals surface area contributed by atoms with E-state index < -0.39 is 30.3 Å². The lowest BCUT2D eigenvalue weighted by Gasteiger charge is -2.23. The Bertz CT molecular complexity index is 264. The molecule has 0 aromatic carbocycles. The van der Waals surface area contributed by atoms with E-state index in [1.54, 1.807) is 0 Å². The minimum Gasteiger partial charge on any atom is -0.381 e. The summed E-state index contributed by atoms with van der Waals surface area (Å²) in [6.07, 6.45) is -9.91. The summed E-state index contributed by atoms with van der Waals surface area (Å²) in [5.41, 5.74) is 0. The fourth-order valence-corrected chi connectivity index (χ4v) is 1.59. The molecule has 0 aliphatic carbocycles. The first kappa shape index (κ1) is 13.4. The van der Waals surface area contributed by atoms with E-state index in [0.717, 1.165) is 0 Å². The first-order valence-corrected chi connectivity index (χ1v) is 4.71. The van der Waals surface area contributed by atoms with Crippen LogP contribution in [0.2, 0.25) is 0 Å². The molecule has 0 radical (unpaired) electrons. The molecule has 1 rings (SSSR count). The molecule has 1 aliphatic rings. The molecule has 1 N–H and O–H groups in total. The van der Waals surface area contributed by atoms with Gasteiger partial charge in [-0.2, -0.15) is 13.2 Å². The first-order valence-electron chi connectivity index (χ1n) is 4.71. The summed E-state index contributed by atoms with van der Waals surface area (Å²) in [4.78, 5) is 10.3. The molecule has 16 heavy (non-hydrogen) atoms. The van der Waals surface area contributed by atoms with E-state index in [2.05, 4.69) is 0 Å². The van der Waals surface area contributed by atoms with Crippen LogP contribution in [-0.4, -0.2) is 41.7 Å². The lowest BCUT2D eigenvalue weighted by Crippen LogP contribution is -2.45. The Labute approximate surface area is 90.3 Å². The first-order chi connectivity index (χ1) is 7.17. The predicted octanol–water partition coefficient (Wildman–Crippen LogP) is 1.02. The predicted molar refractivity (Wildman–Crippen MR) is 46.6 cm³/mol. The monoisotopic (exact) mass is 242 g/mol. The molecule has 94 valence electrons. The van der Waals surface area contributed by atoms with Gasteiger partial charge in [0.25, 0.3) is 0 Å². The van der Waals surface area contributed by atoms with Gasteiger partial charge in [-0.25, -0.2) is 0 Å². The Morgan fingerprint density at radius 2 is 2.00 bits per heavy atom. The smallest absolute Gasteiger partial charge is 0.381 e. The Kier molecular flexibility index (Phi) is 3.61. The maximum Gasteiger partial charge on any atom is 0.417 e. The SMILES string of the molecule is CC1(C)O[C@@H]([C@H](O)C(F)(F)F)[C@H](CC=O)O1. The van der Waals surface area contributed by atoms with Gasteiger partial charge >= 0.3 is 6.18 Å². The fraction of sp³-hybridized carbons (Fsp3) is 0.889. The summed E-state index contributed by atoms with van der Waals surface area (Å²) < 4.78 is 46.9. The lowest BCUT2D eigenvalue weighted by molar-refractivity contribution is -0.242. The number of carbonyl (C=O) groups excluding carboxylic acids is 1. The van der Waals surface area contributed by atoms with Crippen LogP contribution in [-0.2, 0) is 14.3 Å². The minimum absolute atomic E-state index is 0.249. The van der Waals surface area contributed by atoms with Crippen LogP contribution in [0.4, 0.5) is 13.2 Å². The number of carbonyl (C=O) groups is 1. The molecule has 0 aromatic rings. The van der Waals surface area contributed by atoms with Crippen LogP contribution in [0.1, 0.15) is 20.3 Å². The highest BCUT2D eigenvalue weighted by Gasteiger charge is 2.53. The van der Waals surface area contributed by atoms with Crippen LogP contribution in [0.5, 0.6) is 0 Å². The van der Waals surface area contributed by atoms with Crippen LogP contribution in [0.3, 0.4) is 0 Å². The maximum absolute atomic E-state index is 12.3. The van der Waals surface area contributed by atoms with Crippen molar-refractivity contribution in [3.63, 3.8) is 0 Å². The molecule has 0 amide bonds. The molecule has 1 saturated heterocycles. The second-order valence-electron chi connectivity index (χ2n) is 4.03. The molecule has 0 bridgehead atoms. The molecular weight excluding hydrogens is 229 g/mol. The van der Waals surface area contributed by atoms with Crippen molar-refractivity contribution in [1.82, 2.24) is 0 Å². The molecule has 0 spiro atoms. The van der Waals surface area contributed by atoms with E-state index in [4.69, 9.17) is 14.6 Å². The van der Waals surface area contributed by atoms with Crippen molar-refractivity contribution in [1.29, 1.82) is 0 Å². The molecule has 0 saturated carbocycles. The number of rotatable bonds is 3. The highest BCUT2D eigenvalue weighted by atomic mass is 19.4. The Balaban J connectivity index is 2.81. The van der Waals surface area contributed by atoms with Gasteiger partial charge in [0.15, 0.2) is 11.9 Å². The number of aliphatic hydroxyl groups excluding tert-OH is 1. The largest absolute Gasteiger partial charge is 0.417 e. The van der Waals surface area contributed by atoms with E-state index in [1.165, 1.54) is 13.8 Å². The Morgan fingerprint density at radius 1 is 1.44 bits per heavy atom. The van der Waals surface area contributed by atoms with Crippen LogP contribution >= 0.6 is 0 Å². The number of alkyl halides is 3. The number of hydrogen-bond donors (Lipinski definition) is 1. The zero-order valence-electron chi connectivity index (χ0n) is 8.82. The third-order valence-corrected chi connectivity index (χ3v) is 2.20. The summed E-state index contributed by atoms with van der Waals surface area (Å²) in [5.74, 6) is -1.23. The number of hydrogen-bond acceptors (Lipinski definition) is 4. The van der Waals surface area contributed by atoms with Gasteiger partial charge in [0.1, 0.15) is 12.4 Å². The zero-order valence-corrected chi connectivity index (χ0v) is 8.82. The summed E-state index contributed by atoms with van der Waals surface area (Å²) in [6, 6.07) is 0. The Morgan fingerprint density at radius 3 is 2.44 bits per heavy atom. The average molecular weight is 242 g/mol. The second kappa shape index (κ2) is 4.31. The van der Waals surface area contributed by atoms with Crippen LogP contribution < -0.4 is 0 Å². The molecule has 4 nitrogen and oxygen atoms in total. The molecule has 3 atom stereocenters. The molecule has 1 heterocycles. The standard InChI is InChI=1S/C9H13F3O4/c1-8(2)15-5(3-4-13)6(16-8)7(14)9(10,11)12/h4-7,14H,3H2,1-2H3/t5-,6+,7-/m0/s1. The summed E-state index contributed by atoms with van der Waals surface area (Å²) in [7, 11) is 0. The van der Waals surface area contributed by atoms with Crippen molar-refractivity contribution in [2.24, 2.45) is 0 Å². The molecule has 1 aliphatic heterocycles. The highest BCUT2D eigenvalue weighted by Crippen LogP contribution is 2.36. The summed E-state index contributed by atoms with van der Waals surface area (Å²) in [6.45, 7) is 2.85. The highest BCUT2D eigenvalue weighted by molar-refractivity contribution is 5.50. The van der Waals surface area contributed by atoms with E-state index in [0.29, 0.717) is 6.29 Å². The van der Waals surface area contributed by atoms with Crippen molar-refractivity contribution in [2.45, 2.75) is 50.5 Å². The average Bonchev–Trinajstić information content (AvgIpc) is 2.39. The summed E-state index contributed by atoms with van der Waals surface area (Å²) in [5, 5.41) is 9.07. The van der Waals surface area contributed by atoms with Crippen molar-refractivity contribution in [3.8, 4) is 0 Å². The van der Waals surface area contributed by atoms with Gasteiger partial charge in [0.2, 0.25) is 0 Å². The molecule has 0 unspecified atom stereocenters. The molecular formula is C9H13F3O4. The maximum atomic E-state index is 12.3. The fourth-order valence-electron chi connectivity index (χ4n) is 1.59. The second-order valence-corrected chi connectivity index (χ2v) is 4.03. The van der Waals surface area contributed by atoms with Crippen molar-refractivity contribution in [2.75, 3.05) is 0 Å². The summed E-state index contributed by atoms with van der Waals surface area (Å²) >= 11 is 0. The third kappa shape index (κ3) is 2.93. The normalized spacial score (nSPS) is 31.4. The van der Waals surface area contributed by atoms with E-state index in [9.17, 15) is 18.0 Å². The van der Waals surface area contributed by atoms with E-state index in [1.807, 2.05) is 0 Å². The molecule has 7 heteroatoms. The van der Waals surface area contributed by atoms with Gasteiger partial charge in [-0.15, -0.1) is 0 Å².